The Bertz CT molecular complexity index is 1060. The van der Waals surface area contributed by atoms with E-state index in [0.29, 0.717) is 21.2 Å². The molecule has 9 heteroatoms. The zero-order valence-corrected chi connectivity index (χ0v) is 16.8. The van der Waals surface area contributed by atoms with Gasteiger partial charge in [0.25, 0.3) is 0 Å². The first-order valence-electron chi connectivity index (χ1n) is 9.06. The number of carbonyl (C=O) groups is 2. The van der Waals surface area contributed by atoms with Crippen molar-refractivity contribution in [2.75, 3.05) is 11.9 Å². The molecule has 0 spiro atoms. The molecule has 156 valence electrons. The van der Waals surface area contributed by atoms with E-state index in [1.54, 1.807) is 24.3 Å². The lowest BCUT2D eigenvalue weighted by atomic mass is 10.2. The van der Waals surface area contributed by atoms with Crippen LogP contribution >= 0.6 is 11.3 Å². The van der Waals surface area contributed by atoms with Crippen molar-refractivity contribution in [3.63, 3.8) is 0 Å². The Balaban J connectivity index is 1.65. The van der Waals surface area contributed by atoms with Crippen LogP contribution < -0.4 is 5.32 Å². The quantitative estimate of drug-likeness (QED) is 0.565. The lowest BCUT2D eigenvalue weighted by molar-refractivity contribution is -0.185. The maximum atomic E-state index is 12.7. The molecule has 1 aromatic heterocycles. The number of benzene rings is 2. The molecular weight excluding hydrogens is 415 g/mol. The van der Waals surface area contributed by atoms with Gasteiger partial charge < -0.3 is 10.2 Å². The summed E-state index contributed by atoms with van der Waals surface area (Å²) >= 11 is 1.45. The Kier molecular flexibility index (Phi) is 6.51. The maximum absolute atomic E-state index is 12.7. The van der Waals surface area contributed by atoms with E-state index >= 15 is 0 Å². The molecule has 3 aromatic rings. The number of nitrogens with one attached hydrogen (secondary N) is 1. The zero-order valence-electron chi connectivity index (χ0n) is 15.9. The summed E-state index contributed by atoms with van der Waals surface area (Å²) in [5.41, 5.74) is 1.74. The number of fused-ring (bicyclic) bond motifs is 1. The van der Waals surface area contributed by atoms with E-state index in [4.69, 9.17) is 0 Å². The number of alkyl halides is 3. The first kappa shape index (κ1) is 21.5. The van der Waals surface area contributed by atoms with Gasteiger partial charge in [-0.25, -0.2) is 4.98 Å². The third kappa shape index (κ3) is 5.44. The number of halogens is 3. The van der Waals surface area contributed by atoms with Crippen molar-refractivity contribution in [1.29, 1.82) is 0 Å². The minimum absolute atomic E-state index is 0.0835. The minimum Gasteiger partial charge on any atom is -0.331 e. The number of rotatable bonds is 6. The number of amides is 2. The molecule has 1 heterocycles. The first-order chi connectivity index (χ1) is 14.3. The highest BCUT2D eigenvalue weighted by atomic mass is 32.1. The van der Waals surface area contributed by atoms with E-state index in [1.165, 1.54) is 30.4 Å². The summed E-state index contributed by atoms with van der Waals surface area (Å²) in [6.45, 7) is 1.18. The van der Waals surface area contributed by atoms with Crippen LogP contribution in [-0.4, -0.2) is 34.4 Å². The summed E-state index contributed by atoms with van der Waals surface area (Å²) in [5.74, 6) is -2.29. The first-order valence-corrected chi connectivity index (χ1v) is 9.87. The number of para-hydroxylation sites is 1. The van der Waals surface area contributed by atoms with Gasteiger partial charge in [0.2, 0.25) is 5.91 Å². The molecule has 0 bridgehead atoms. The van der Waals surface area contributed by atoms with Crippen molar-refractivity contribution in [3.05, 3.63) is 65.2 Å². The highest BCUT2D eigenvalue weighted by Gasteiger charge is 2.41. The van der Waals surface area contributed by atoms with Crippen LogP contribution in [0.5, 0.6) is 0 Å². The van der Waals surface area contributed by atoms with E-state index in [-0.39, 0.29) is 13.1 Å². The van der Waals surface area contributed by atoms with Gasteiger partial charge in [-0.3, -0.25) is 9.59 Å². The highest BCUT2D eigenvalue weighted by Crippen LogP contribution is 2.23. The van der Waals surface area contributed by atoms with Crippen molar-refractivity contribution in [2.45, 2.75) is 19.6 Å². The minimum atomic E-state index is -4.92. The van der Waals surface area contributed by atoms with E-state index < -0.39 is 18.0 Å². The van der Waals surface area contributed by atoms with Crippen molar-refractivity contribution < 1.29 is 22.8 Å². The molecule has 0 atom stereocenters. The van der Waals surface area contributed by atoms with Gasteiger partial charge in [0.05, 0.1) is 10.2 Å². The number of thiazole rings is 1. The third-order valence-electron chi connectivity index (χ3n) is 4.17. The Morgan fingerprint density at radius 1 is 1.17 bits per heavy atom. The molecule has 0 aliphatic rings. The Morgan fingerprint density at radius 2 is 1.93 bits per heavy atom. The van der Waals surface area contributed by atoms with Crippen molar-refractivity contribution in [1.82, 2.24) is 9.88 Å². The van der Waals surface area contributed by atoms with E-state index in [0.717, 1.165) is 10.2 Å². The van der Waals surface area contributed by atoms with Gasteiger partial charge in [0.1, 0.15) is 5.01 Å². The molecular formula is C21H18F3N3O2S. The number of anilines is 1. The second kappa shape index (κ2) is 9.08. The van der Waals surface area contributed by atoms with Crippen LogP contribution in [0.4, 0.5) is 18.9 Å². The molecule has 0 radical (unpaired) electrons. The van der Waals surface area contributed by atoms with Crippen LogP contribution in [0.15, 0.2) is 54.6 Å². The second-order valence-electron chi connectivity index (χ2n) is 6.36. The van der Waals surface area contributed by atoms with Crippen LogP contribution in [0, 0.1) is 0 Å². The summed E-state index contributed by atoms with van der Waals surface area (Å²) in [6, 6.07) is 14.0. The second-order valence-corrected chi connectivity index (χ2v) is 7.42. The van der Waals surface area contributed by atoms with E-state index in [1.807, 2.05) is 24.3 Å². The summed E-state index contributed by atoms with van der Waals surface area (Å²) in [7, 11) is 0. The Labute approximate surface area is 174 Å². The topological polar surface area (TPSA) is 62.3 Å². The van der Waals surface area contributed by atoms with Crippen molar-refractivity contribution >= 4 is 45.1 Å². The van der Waals surface area contributed by atoms with Crippen LogP contribution in [0.1, 0.15) is 17.5 Å². The average Bonchev–Trinajstić information content (AvgIpc) is 3.12. The summed E-state index contributed by atoms with van der Waals surface area (Å²) < 4.78 is 39.0. The summed E-state index contributed by atoms with van der Waals surface area (Å²) in [4.78, 5) is 28.8. The molecule has 0 aliphatic carbocycles. The van der Waals surface area contributed by atoms with E-state index in [9.17, 15) is 22.8 Å². The van der Waals surface area contributed by atoms with Crippen LogP contribution in [0.25, 0.3) is 16.3 Å². The van der Waals surface area contributed by atoms with Gasteiger partial charge in [0, 0.05) is 24.9 Å². The number of hydrogen-bond acceptors (Lipinski definition) is 4. The largest absolute Gasteiger partial charge is 0.471 e. The predicted molar refractivity (Wildman–Crippen MR) is 111 cm³/mol. The Hall–Kier alpha value is -3.20. The number of aromatic nitrogens is 1. The van der Waals surface area contributed by atoms with Gasteiger partial charge in [-0.05, 0) is 42.8 Å². The molecule has 1 N–H and O–H groups in total. The zero-order chi connectivity index (χ0) is 21.7. The Morgan fingerprint density at radius 3 is 2.63 bits per heavy atom. The third-order valence-corrected chi connectivity index (χ3v) is 5.17. The summed E-state index contributed by atoms with van der Waals surface area (Å²) in [6.07, 6.45) is -1.98. The molecule has 5 nitrogen and oxygen atoms in total. The fourth-order valence-corrected chi connectivity index (χ4v) is 3.64. The fourth-order valence-electron chi connectivity index (χ4n) is 2.77. The molecule has 0 fully saturated rings. The maximum Gasteiger partial charge on any atom is 0.471 e. The van der Waals surface area contributed by atoms with Gasteiger partial charge in [-0.1, -0.05) is 24.3 Å². The van der Waals surface area contributed by atoms with Crippen LogP contribution in [0.3, 0.4) is 0 Å². The monoisotopic (exact) mass is 433 g/mol. The smallest absolute Gasteiger partial charge is 0.331 e. The van der Waals surface area contributed by atoms with Crippen molar-refractivity contribution in [2.24, 2.45) is 0 Å². The van der Waals surface area contributed by atoms with Crippen molar-refractivity contribution in [3.8, 4) is 0 Å². The normalized spacial score (nSPS) is 11.7. The summed E-state index contributed by atoms with van der Waals surface area (Å²) in [5, 5.41) is 3.35. The fraction of sp³-hybridized carbons (Fsp3) is 0.190. The molecule has 0 aliphatic heterocycles. The average molecular weight is 433 g/mol. The van der Waals surface area contributed by atoms with Gasteiger partial charge in [-0.15, -0.1) is 11.3 Å². The van der Waals surface area contributed by atoms with Gasteiger partial charge in [0.15, 0.2) is 0 Å². The number of nitrogens with zero attached hydrogens (tertiary/aromatic N) is 2. The lowest BCUT2D eigenvalue weighted by Crippen LogP contribution is -2.40. The molecule has 0 saturated carbocycles. The van der Waals surface area contributed by atoms with E-state index in [2.05, 4.69) is 10.3 Å². The predicted octanol–water partition coefficient (Wildman–Crippen LogP) is 4.86. The SMILES string of the molecule is CCN(Cc1cccc(NC(=O)/C=C/c2nc3ccccc3s2)c1)C(=O)C(F)(F)F. The molecule has 0 unspecified atom stereocenters. The molecule has 2 aromatic carbocycles. The highest BCUT2D eigenvalue weighted by molar-refractivity contribution is 7.19. The molecule has 30 heavy (non-hydrogen) atoms. The van der Waals surface area contributed by atoms with Gasteiger partial charge in [-0.2, -0.15) is 13.2 Å². The molecule has 3 rings (SSSR count). The lowest BCUT2D eigenvalue weighted by Gasteiger charge is -2.22. The standard InChI is InChI=1S/C21H18F3N3O2S/c1-2-27(20(29)21(22,23)24)13-14-6-5-7-15(12-14)25-18(28)10-11-19-26-16-8-3-4-9-17(16)30-19/h3-12H,2,13H2,1H3,(H,25,28)/b11-10+. The van der Waals surface area contributed by atoms with Gasteiger partial charge >= 0.3 is 12.1 Å². The van der Waals surface area contributed by atoms with Crippen LogP contribution in [0.2, 0.25) is 0 Å². The number of hydrogen-bond donors (Lipinski definition) is 1. The molecule has 0 saturated heterocycles. The van der Waals surface area contributed by atoms with Crippen LogP contribution in [-0.2, 0) is 16.1 Å². The number of carbonyl (C=O) groups excluding carboxylic acids is 2. The molecule has 2 amide bonds.